The monoisotopic (exact) mass is 508 g/mol. The molecule has 4 aromatic rings. The van der Waals surface area contributed by atoms with Gasteiger partial charge < -0.3 is 0 Å². The van der Waals surface area contributed by atoms with E-state index in [2.05, 4.69) is 170 Å². The van der Waals surface area contributed by atoms with Crippen LogP contribution in [0.4, 0.5) is 0 Å². The van der Waals surface area contributed by atoms with Gasteiger partial charge in [-0.2, -0.15) is 0 Å². The molecule has 0 bridgehead atoms. The number of benzene rings is 4. The molecule has 0 radical (unpaired) electrons. The van der Waals surface area contributed by atoms with Crippen LogP contribution in [0.25, 0.3) is 66.1 Å². The van der Waals surface area contributed by atoms with E-state index in [0.29, 0.717) is 0 Å². The van der Waals surface area contributed by atoms with Crippen LogP contribution in [0.15, 0.2) is 170 Å². The quantitative estimate of drug-likeness (QED) is 0.218. The summed E-state index contributed by atoms with van der Waals surface area (Å²) in [6.45, 7) is 0. The van der Waals surface area contributed by atoms with E-state index in [1.54, 1.807) is 0 Å². The van der Waals surface area contributed by atoms with Gasteiger partial charge in [-0.05, 0) is 102 Å². The van der Waals surface area contributed by atoms with Gasteiger partial charge in [-0.25, -0.2) is 0 Å². The van der Waals surface area contributed by atoms with Gasteiger partial charge in [-0.1, -0.05) is 133 Å². The van der Waals surface area contributed by atoms with Gasteiger partial charge in [-0.3, -0.25) is 0 Å². The molecule has 4 aromatic carbocycles. The van der Waals surface area contributed by atoms with E-state index in [1.165, 1.54) is 66.1 Å². The van der Waals surface area contributed by atoms with Crippen molar-refractivity contribution < 1.29 is 0 Å². The fourth-order valence-corrected chi connectivity index (χ4v) is 5.50. The van der Waals surface area contributed by atoms with Gasteiger partial charge in [0.2, 0.25) is 0 Å². The van der Waals surface area contributed by atoms with Crippen molar-refractivity contribution in [1.82, 2.24) is 0 Å². The van der Waals surface area contributed by atoms with E-state index in [9.17, 15) is 0 Å². The van der Waals surface area contributed by atoms with Crippen molar-refractivity contribution in [2.45, 2.75) is 0 Å². The molecule has 0 saturated heterocycles. The molecular formula is C40H28. The summed E-state index contributed by atoms with van der Waals surface area (Å²) in [4.78, 5) is 0. The lowest BCUT2D eigenvalue weighted by molar-refractivity contribution is 1.71. The maximum absolute atomic E-state index is 2.27. The highest BCUT2D eigenvalue weighted by molar-refractivity contribution is 5.90. The Hall–Kier alpha value is -5.20. The van der Waals surface area contributed by atoms with Gasteiger partial charge in [0.05, 0.1) is 0 Å². The van der Waals surface area contributed by atoms with Gasteiger partial charge in [0.25, 0.3) is 0 Å². The van der Waals surface area contributed by atoms with E-state index < -0.39 is 0 Å². The summed E-state index contributed by atoms with van der Waals surface area (Å²) >= 11 is 0. The third kappa shape index (κ3) is 4.84. The summed E-state index contributed by atoms with van der Waals surface area (Å²) in [7, 11) is 0. The first-order valence-corrected chi connectivity index (χ1v) is 13.8. The van der Waals surface area contributed by atoms with Gasteiger partial charge in [0.15, 0.2) is 0 Å². The Balaban J connectivity index is 0.000000132. The van der Waals surface area contributed by atoms with E-state index in [4.69, 9.17) is 0 Å². The fraction of sp³-hybridized carbons (Fsp3) is 0. The van der Waals surface area contributed by atoms with Crippen molar-refractivity contribution in [2.75, 3.05) is 0 Å². The largest absolute Gasteiger partial charge is 0.0622 e. The molecule has 0 nitrogen and oxygen atoms in total. The van der Waals surface area contributed by atoms with Crippen LogP contribution >= 0.6 is 0 Å². The Morgan fingerprint density at radius 2 is 0.475 bits per heavy atom. The molecule has 0 heteroatoms. The van der Waals surface area contributed by atoms with Gasteiger partial charge in [-0.15, -0.1) is 0 Å². The molecule has 8 rings (SSSR count). The molecule has 4 aliphatic rings. The van der Waals surface area contributed by atoms with Crippen molar-refractivity contribution in [1.29, 1.82) is 0 Å². The molecule has 0 amide bonds. The highest BCUT2D eigenvalue weighted by atomic mass is 14.1. The number of hydrogen-bond acceptors (Lipinski definition) is 0. The van der Waals surface area contributed by atoms with Gasteiger partial charge >= 0.3 is 0 Å². The number of rotatable bonds is 2. The Kier molecular flexibility index (Phi) is 6.28. The molecule has 0 aromatic heterocycles. The minimum absolute atomic E-state index is 1.28. The Labute approximate surface area is 235 Å². The molecule has 0 aliphatic heterocycles. The minimum atomic E-state index is 1.28. The van der Waals surface area contributed by atoms with Crippen LogP contribution in [-0.2, 0) is 0 Å². The highest BCUT2D eigenvalue weighted by Crippen LogP contribution is 2.34. The van der Waals surface area contributed by atoms with E-state index in [0.717, 1.165) is 0 Å². The molecule has 40 heavy (non-hydrogen) atoms. The lowest BCUT2D eigenvalue weighted by atomic mass is 10.0. The number of hydrogen-bond donors (Lipinski definition) is 0. The first kappa shape index (κ1) is 23.9. The highest BCUT2D eigenvalue weighted by Gasteiger charge is 2.08. The molecule has 0 atom stereocenters. The molecule has 0 saturated carbocycles. The first-order valence-electron chi connectivity index (χ1n) is 13.8. The third-order valence-corrected chi connectivity index (χ3v) is 7.62. The topological polar surface area (TPSA) is 0 Å². The molecule has 0 heterocycles. The predicted molar refractivity (Wildman–Crippen MR) is 172 cm³/mol. The van der Waals surface area contributed by atoms with E-state index >= 15 is 0 Å². The molecular weight excluding hydrogens is 480 g/mol. The Morgan fingerprint density at radius 1 is 0.175 bits per heavy atom. The van der Waals surface area contributed by atoms with Crippen LogP contribution < -0.4 is 0 Å². The summed E-state index contributed by atoms with van der Waals surface area (Å²) < 4.78 is 0. The van der Waals surface area contributed by atoms with Crippen LogP contribution in [-0.4, -0.2) is 0 Å². The summed E-state index contributed by atoms with van der Waals surface area (Å²) in [5, 5.41) is 5.17. The summed E-state index contributed by atoms with van der Waals surface area (Å²) in [6.07, 6.45) is 0. The molecule has 0 N–H and O–H groups in total. The minimum Gasteiger partial charge on any atom is -0.0622 e. The molecule has 188 valence electrons. The maximum Gasteiger partial charge on any atom is -0.0171 e. The Morgan fingerprint density at radius 3 is 0.850 bits per heavy atom. The smallest absolute Gasteiger partial charge is 0.0171 e. The average Bonchev–Trinajstić information content (AvgIpc) is 3.45. The molecule has 0 spiro atoms. The zero-order valence-corrected chi connectivity index (χ0v) is 22.2. The summed E-state index contributed by atoms with van der Waals surface area (Å²) in [5.74, 6) is 0. The van der Waals surface area contributed by atoms with Gasteiger partial charge in [0.1, 0.15) is 0 Å². The van der Waals surface area contributed by atoms with E-state index in [1.807, 2.05) is 0 Å². The van der Waals surface area contributed by atoms with Crippen LogP contribution in [0.2, 0.25) is 0 Å². The second-order valence-electron chi connectivity index (χ2n) is 10.3. The van der Waals surface area contributed by atoms with Crippen LogP contribution in [0.5, 0.6) is 0 Å². The summed E-state index contributed by atoms with van der Waals surface area (Å²) in [6, 6.07) is 60.5. The lowest BCUT2D eigenvalue weighted by Gasteiger charge is -2.01. The Bertz CT molecular complexity index is 1800. The van der Waals surface area contributed by atoms with Crippen LogP contribution in [0, 0.1) is 0 Å². The SMILES string of the molecule is c1ccc2cc(-c3ccc4ccccc4c3)cc-2cc1.c1ccc2cc(-c3ccc4ccccc4c3)cc-2cc1. The predicted octanol–water partition coefficient (Wildman–Crippen LogP) is 11.2. The van der Waals surface area contributed by atoms with E-state index in [-0.39, 0.29) is 0 Å². The van der Waals surface area contributed by atoms with Crippen molar-refractivity contribution in [2.24, 2.45) is 0 Å². The fourth-order valence-electron chi connectivity index (χ4n) is 5.50. The van der Waals surface area contributed by atoms with Crippen molar-refractivity contribution in [3.05, 3.63) is 170 Å². The molecule has 0 fully saturated rings. The number of fused-ring (bicyclic) bond motifs is 4. The zero-order valence-electron chi connectivity index (χ0n) is 22.2. The zero-order chi connectivity index (χ0) is 26.7. The van der Waals surface area contributed by atoms with Crippen LogP contribution in [0.3, 0.4) is 0 Å². The standard InChI is InChI=1S/2C20H14/c2*1-2-7-17-13-20(14-18(17)8-3-1)19-11-10-15-6-4-5-9-16(15)12-19/h2*1-14H. The van der Waals surface area contributed by atoms with Crippen molar-refractivity contribution >= 4 is 21.5 Å². The van der Waals surface area contributed by atoms with Gasteiger partial charge in [0, 0.05) is 0 Å². The lowest BCUT2D eigenvalue weighted by Crippen LogP contribution is -1.75. The van der Waals surface area contributed by atoms with Crippen molar-refractivity contribution in [3.8, 4) is 44.5 Å². The average molecular weight is 509 g/mol. The molecule has 0 unspecified atom stereocenters. The second kappa shape index (κ2) is 10.5. The molecule has 4 aliphatic carbocycles. The van der Waals surface area contributed by atoms with Crippen molar-refractivity contribution in [3.63, 3.8) is 0 Å². The maximum atomic E-state index is 2.27. The normalized spacial score (nSPS) is 11.0. The summed E-state index contributed by atoms with van der Waals surface area (Å²) in [5.41, 5.74) is 10.3. The second-order valence-corrected chi connectivity index (χ2v) is 10.3. The van der Waals surface area contributed by atoms with Crippen LogP contribution in [0.1, 0.15) is 0 Å². The third-order valence-electron chi connectivity index (χ3n) is 7.62. The first-order chi connectivity index (χ1) is 19.8.